The summed E-state index contributed by atoms with van der Waals surface area (Å²) < 4.78 is 13.4. The first-order chi connectivity index (χ1) is 16.9. The maximum atomic E-state index is 13.6. The standard InChI is InChI=1S/C28H24FN3O2S/c1-3-19-10-14-22(15-11-19)32-27(34)25(16-20-8-12-21(29)13-9-20)35-28(32)23(17-30)26(33)31-24-7-5-4-6-18(24)2/h4-15,25H,3,16H2,1-2H3,(H,31,33)/b28-23-. The monoisotopic (exact) mass is 485 g/mol. The predicted molar refractivity (Wildman–Crippen MR) is 137 cm³/mol. The zero-order chi connectivity index (χ0) is 24.9. The van der Waals surface area contributed by atoms with Crippen LogP contribution >= 0.6 is 11.8 Å². The first-order valence-corrected chi connectivity index (χ1v) is 12.1. The maximum absolute atomic E-state index is 13.6. The SMILES string of the molecule is CCc1ccc(N2C(=O)C(Cc3ccc(F)cc3)S/C2=C(/C#N)C(=O)Nc2ccccc2C)cc1. The zero-order valence-electron chi connectivity index (χ0n) is 19.4. The molecular weight excluding hydrogens is 461 g/mol. The van der Waals surface area contributed by atoms with E-state index in [1.54, 1.807) is 24.3 Å². The van der Waals surface area contributed by atoms with Crippen molar-refractivity contribution in [2.75, 3.05) is 10.2 Å². The van der Waals surface area contributed by atoms with Gasteiger partial charge in [-0.2, -0.15) is 5.26 Å². The van der Waals surface area contributed by atoms with Crippen molar-refractivity contribution in [3.05, 3.63) is 106 Å². The number of para-hydroxylation sites is 1. The number of thioether (sulfide) groups is 1. The third kappa shape index (κ3) is 5.28. The van der Waals surface area contributed by atoms with Crippen LogP contribution in [-0.2, 0) is 22.4 Å². The summed E-state index contributed by atoms with van der Waals surface area (Å²) in [5.74, 6) is -1.15. The molecule has 0 saturated carbocycles. The van der Waals surface area contributed by atoms with Crippen molar-refractivity contribution in [3.63, 3.8) is 0 Å². The quantitative estimate of drug-likeness (QED) is 0.356. The summed E-state index contributed by atoms with van der Waals surface area (Å²) in [6.07, 6.45) is 1.19. The van der Waals surface area contributed by atoms with Gasteiger partial charge < -0.3 is 5.32 Å². The molecule has 35 heavy (non-hydrogen) atoms. The van der Waals surface area contributed by atoms with Gasteiger partial charge in [-0.05, 0) is 66.8 Å². The summed E-state index contributed by atoms with van der Waals surface area (Å²) in [6.45, 7) is 3.91. The van der Waals surface area contributed by atoms with Gasteiger partial charge in [-0.25, -0.2) is 4.39 Å². The first-order valence-electron chi connectivity index (χ1n) is 11.3. The lowest BCUT2D eigenvalue weighted by Gasteiger charge is -2.19. The van der Waals surface area contributed by atoms with E-state index in [2.05, 4.69) is 5.32 Å². The number of carbonyl (C=O) groups excluding carboxylic acids is 2. The minimum atomic E-state index is -0.574. The number of benzene rings is 3. The van der Waals surface area contributed by atoms with E-state index in [0.29, 0.717) is 22.8 Å². The Morgan fingerprint density at radius 1 is 1.06 bits per heavy atom. The van der Waals surface area contributed by atoms with E-state index in [4.69, 9.17) is 0 Å². The van der Waals surface area contributed by atoms with Crippen LogP contribution in [0.25, 0.3) is 0 Å². The van der Waals surface area contributed by atoms with E-state index in [9.17, 15) is 19.2 Å². The highest BCUT2D eigenvalue weighted by atomic mass is 32.2. The van der Waals surface area contributed by atoms with Crippen molar-refractivity contribution in [2.24, 2.45) is 0 Å². The molecule has 4 rings (SSSR count). The molecule has 1 atom stereocenters. The van der Waals surface area contributed by atoms with E-state index < -0.39 is 11.2 Å². The van der Waals surface area contributed by atoms with E-state index >= 15 is 0 Å². The molecule has 1 aliphatic rings. The number of carbonyl (C=O) groups is 2. The van der Waals surface area contributed by atoms with E-state index in [1.807, 2.05) is 56.3 Å². The number of anilines is 2. The summed E-state index contributed by atoms with van der Waals surface area (Å²) >= 11 is 1.19. The molecule has 0 aliphatic carbocycles. The first kappa shape index (κ1) is 24.2. The third-order valence-corrected chi connectivity index (χ3v) is 7.10. The molecule has 7 heteroatoms. The van der Waals surface area contributed by atoms with Gasteiger partial charge in [0.25, 0.3) is 5.91 Å². The highest BCUT2D eigenvalue weighted by molar-refractivity contribution is 8.05. The fourth-order valence-electron chi connectivity index (χ4n) is 3.84. The Kier molecular flexibility index (Phi) is 7.33. The van der Waals surface area contributed by atoms with Gasteiger partial charge in [-0.1, -0.05) is 61.2 Å². The van der Waals surface area contributed by atoms with Crippen molar-refractivity contribution >= 4 is 35.0 Å². The Morgan fingerprint density at radius 2 is 1.71 bits per heavy atom. The van der Waals surface area contributed by atoms with Crippen molar-refractivity contribution in [2.45, 2.75) is 31.9 Å². The number of rotatable bonds is 6. The predicted octanol–water partition coefficient (Wildman–Crippen LogP) is 5.76. The second-order valence-electron chi connectivity index (χ2n) is 8.19. The van der Waals surface area contributed by atoms with Gasteiger partial charge in [-0.3, -0.25) is 14.5 Å². The van der Waals surface area contributed by atoms with Crippen molar-refractivity contribution < 1.29 is 14.0 Å². The van der Waals surface area contributed by atoms with Gasteiger partial charge in [0.1, 0.15) is 22.5 Å². The maximum Gasteiger partial charge on any atom is 0.269 e. The van der Waals surface area contributed by atoms with Crippen LogP contribution in [0.2, 0.25) is 0 Å². The topological polar surface area (TPSA) is 73.2 Å². The zero-order valence-corrected chi connectivity index (χ0v) is 20.2. The average Bonchev–Trinajstić information content (AvgIpc) is 3.17. The van der Waals surface area contributed by atoms with E-state index in [0.717, 1.165) is 23.1 Å². The summed E-state index contributed by atoms with van der Waals surface area (Å²) in [7, 11) is 0. The van der Waals surface area contributed by atoms with Gasteiger partial charge in [-0.15, -0.1) is 0 Å². The molecule has 3 aromatic carbocycles. The van der Waals surface area contributed by atoms with Crippen LogP contribution in [0, 0.1) is 24.1 Å². The average molecular weight is 486 g/mol. The highest BCUT2D eigenvalue weighted by Crippen LogP contribution is 2.42. The molecule has 176 valence electrons. The van der Waals surface area contributed by atoms with Gasteiger partial charge in [0.2, 0.25) is 5.91 Å². The molecule has 5 nitrogen and oxygen atoms in total. The molecule has 1 saturated heterocycles. The minimum Gasteiger partial charge on any atom is -0.321 e. The number of nitrogens with zero attached hydrogens (tertiary/aromatic N) is 2. The Hall–Kier alpha value is -3.89. The van der Waals surface area contributed by atoms with Crippen LogP contribution in [0.4, 0.5) is 15.8 Å². The molecule has 1 fully saturated rings. The summed E-state index contributed by atoms with van der Waals surface area (Å²) in [5, 5.41) is 12.5. The van der Waals surface area contributed by atoms with Gasteiger partial charge in [0, 0.05) is 11.4 Å². The number of nitrogens with one attached hydrogen (secondary N) is 1. The molecule has 1 unspecified atom stereocenters. The fourth-order valence-corrected chi connectivity index (χ4v) is 5.14. The summed E-state index contributed by atoms with van der Waals surface area (Å²) in [6, 6.07) is 22.8. The minimum absolute atomic E-state index is 0.132. The lowest BCUT2D eigenvalue weighted by atomic mass is 10.1. The van der Waals surface area contributed by atoms with Crippen LogP contribution < -0.4 is 10.2 Å². The van der Waals surface area contributed by atoms with Crippen molar-refractivity contribution in [1.29, 1.82) is 5.26 Å². The lowest BCUT2D eigenvalue weighted by Crippen LogP contribution is -2.31. The number of aryl methyl sites for hydroxylation is 2. The molecule has 0 spiro atoms. The van der Waals surface area contributed by atoms with E-state index in [-0.39, 0.29) is 17.3 Å². The molecule has 1 N–H and O–H groups in total. The smallest absolute Gasteiger partial charge is 0.269 e. The number of hydrogen-bond donors (Lipinski definition) is 1. The molecule has 1 aliphatic heterocycles. The Labute approximate surface area is 208 Å². The van der Waals surface area contributed by atoms with Gasteiger partial charge >= 0.3 is 0 Å². The molecule has 3 aromatic rings. The normalized spacial score (nSPS) is 16.7. The summed E-state index contributed by atoms with van der Waals surface area (Å²) in [4.78, 5) is 28.2. The van der Waals surface area contributed by atoms with Crippen LogP contribution in [-0.4, -0.2) is 17.1 Å². The van der Waals surface area contributed by atoms with Crippen LogP contribution in [0.1, 0.15) is 23.6 Å². The van der Waals surface area contributed by atoms with Gasteiger partial charge in [0.15, 0.2) is 0 Å². The third-order valence-electron chi connectivity index (χ3n) is 5.84. The van der Waals surface area contributed by atoms with Crippen molar-refractivity contribution in [1.82, 2.24) is 0 Å². The van der Waals surface area contributed by atoms with E-state index in [1.165, 1.54) is 28.8 Å². The Balaban J connectivity index is 1.73. The second kappa shape index (κ2) is 10.6. The molecular formula is C28H24FN3O2S. The Morgan fingerprint density at radius 3 is 2.34 bits per heavy atom. The van der Waals surface area contributed by atoms with Gasteiger partial charge in [0.05, 0.1) is 5.25 Å². The molecule has 0 aromatic heterocycles. The van der Waals surface area contributed by atoms with Crippen LogP contribution in [0.5, 0.6) is 0 Å². The lowest BCUT2D eigenvalue weighted by molar-refractivity contribution is -0.117. The fraction of sp³-hybridized carbons (Fsp3) is 0.179. The molecule has 0 bridgehead atoms. The number of nitriles is 1. The highest BCUT2D eigenvalue weighted by Gasteiger charge is 2.40. The second-order valence-corrected chi connectivity index (χ2v) is 9.38. The van der Waals surface area contributed by atoms with Crippen LogP contribution in [0.3, 0.4) is 0 Å². The van der Waals surface area contributed by atoms with Crippen molar-refractivity contribution in [3.8, 4) is 6.07 Å². The molecule has 2 amide bonds. The number of hydrogen-bond acceptors (Lipinski definition) is 4. The molecule has 0 radical (unpaired) electrons. The largest absolute Gasteiger partial charge is 0.321 e. The number of amides is 2. The Bertz CT molecular complexity index is 1330. The summed E-state index contributed by atoms with van der Waals surface area (Å²) in [5.41, 5.74) is 3.82. The van der Waals surface area contributed by atoms with Crippen LogP contribution in [0.15, 0.2) is 83.4 Å². The molecule has 1 heterocycles. The number of halogens is 1.